The Morgan fingerprint density at radius 3 is 2.47 bits per heavy atom. The monoisotopic (exact) mass is 481 g/mol. The van der Waals surface area contributed by atoms with E-state index in [2.05, 4.69) is 24.7 Å². The fourth-order valence-electron chi connectivity index (χ4n) is 3.73. The first-order valence-corrected chi connectivity index (χ1v) is 11.7. The van der Waals surface area contributed by atoms with Crippen molar-refractivity contribution in [3.8, 4) is 29.7 Å². The lowest BCUT2D eigenvalue weighted by Crippen LogP contribution is -2.37. The van der Waals surface area contributed by atoms with Crippen LogP contribution in [0.5, 0.6) is 11.6 Å². The minimum absolute atomic E-state index is 0.184. The van der Waals surface area contributed by atoms with Gasteiger partial charge in [-0.1, -0.05) is 49.6 Å². The molecule has 0 radical (unpaired) electrons. The van der Waals surface area contributed by atoms with Gasteiger partial charge in [0.2, 0.25) is 5.88 Å². The van der Waals surface area contributed by atoms with Crippen molar-refractivity contribution in [2.75, 3.05) is 26.3 Å². The highest BCUT2D eigenvalue weighted by atomic mass is 35.5. The number of hydrogen-bond donors (Lipinski definition) is 1. The molecule has 2 aromatic carbocycles. The van der Waals surface area contributed by atoms with Gasteiger partial charge in [0.1, 0.15) is 12.4 Å². The standard InChI is InChI=1S/C27H32ClN3O3/c1-5-15-33-19-24(32)17-30(16-20(2)3)18-26-21(4)29-31(23-9-7-6-8-10-23)27(26)34-25-13-11-22(28)12-14-25/h1,6-14,20,24,32H,15-19H2,2-4H3. The molecule has 1 N–H and O–H groups in total. The molecule has 1 atom stereocenters. The maximum Gasteiger partial charge on any atom is 0.227 e. The summed E-state index contributed by atoms with van der Waals surface area (Å²) in [5.74, 6) is 4.14. The van der Waals surface area contributed by atoms with Crippen molar-refractivity contribution in [2.24, 2.45) is 5.92 Å². The van der Waals surface area contributed by atoms with E-state index in [9.17, 15) is 5.11 Å². The third-order valence-electron chi connectivity index (χ3n) is 5.14. The molecule has 0 spiro atoms. The Kier molecular flexibility index (Phi) is 9.55. The van der Waals surface area contributed by atoms with Crippen LogP contribution in [0, 0.1) is 25.2 Å². The zero-order valence-corrected chi connectivity index (χ0v) is 20.7. The summed E-state index contributed by atoms with van der Waals surface area (Å²) in [5, 5.41) is 16.0. The first kappa shape index (κ1) is 25.8. The molecule has 1 unspecified atom stereocenters. The normalized spacial score (nSPS) is 12.2. The van der Waals surface area contributed by atoms with Crippen molar-refractivity contribution in [1.29, 1.82) is 0 Å². The Labute approximate surface area is 207 Å². The molecule has 0 aliphatic rings. The van der Waals surface area contributed by atoms with Gasteiger partial charge in [-0.2, -0.15) is 5.10 Å². The summed E-state index contributed by atoms with van der Waals surface area (Å²) in [6, 6.07) is 17.1. The van der Waals surface area contributed by atoms with E-state index in [4.69, 9.17) is 32.6 Å². The van der Waals surface area contributed by atoms with Crippen molar-refractivity contribution in [1.82, 2.24) is 14.7 Å². The summed E-state index contributed by atoms with van der Waals surface area (Å²) in [6.45, 7) is 8.45. The molecular formula is C27H32ClN3O3. The molecule has 180 valence electrons. The Morgan fingerprint density at radius 1 is 1.12 bits per heavy atom. The van der Waals surface area contributed by atoms with E-state index in [0.717, 1.165) is 23.5 Å². The smallest absolute Gasteiger partial charge is 0.227 e. The van der Waals surface area contributed by atoms with Crippen LogP contribution in [0.15, 0.2) is 54.6 Å². The summed E-state index contributed by atoms with van der Waals surface area (Å²) in [4.78, 5) is 2.20. The highest BCUT2D eigenvalue weighted by molar-refractivity contribution is 6.30. The quantitative estimate of drug-likeness (QED) is 0.288. The molecule has 1 heterocycles. The largest absolute Gasteiger partial charge is 0.439 e. The lowest BCUT2D eigenvalue weighted by molar-refractivity contribution is 0.0236. The molecule has 0 amide bonds. The second-order valence-electron chi connectivity index (χ2n) is 8.63. The van der Waals surface area contributed by atoms with Gasteiger partial charge < -0.3 is 14.6 Å². The number of nitrogens with zero attached hydrogens (tertiary/aromatic N) is 3. The van der Waals surface area contributed by atoms with Crippen LogP contribution < -0.4 is 4.74 Å². The van der Waals surface area contributed by atoms with Crippen molar-refractivity contribution in [3.05, 3.63) is 70.9 Å². The van der Waals surface area contributed by atoms with Gasteiger partial charge in [-0.25, -0.2) is 4.68 Å². The van der Waals surface area contributed by atoms with Crippen LogP contribution in [0.3, 0.4) is 0 Å². The lowest BCUT2D eigenvalue weighted by atomic mass is 10.1. The van der Waals surface area contributed by atoms with Crippen LogP contribution in [0.2, 0.25) is 5.02 Å². The second kappa shape index (κ2) is 12.6. The van der Waals surface area contributed by atoms with Crippen LogP contribution in [-0.4, -0.2) is 52.2 Å². The number of aliphatic hydroxyl groups excluding tert-OH is 1. The number of aryl methyl sites for hydroxylation is 1. The van der Waals surface area contributed by atoms with Crippen molar-refractivity contribution in [2.45, 2.75) is 33.4 Å². The van der Waals surface area contributed by atoms with Gasteiger partial charge in [-0.05, 0) is 49.2 Å². The van der Waals surface area contributed by atoms with Gasteiger partial charge in [-0.3, -0.25) is 4.90 Å². The van der Waals surface area contributed by atoms with E-state index in [0.29, 0.717) is 35.7 Å². The minimum Gasteiger partial charge on any atom is -0.439 e. The maximum atomic E-state index is 10.5. The molecule has 7 heteroatoms. The summed E-state index contributed by atoms with van der Waals surface area (Å²) in [7, 11) is 0. The molecule has 6 nitrogen and oxygen atoms in total. The highest BCUT2D eigenvalue weighted by Crippen LogP contribution is 2.32. The first-order valence-electron chi connectivity index (χ1n) is 11.4. The van der Waals surface area contributed by atoms with E-state index >= 15 is 0 Å². The molecule has 3 rings (SSSR count). The zero-order chi connectivity index (χ0) is 24.5. The average molecular weight is 482 g/mol. The Balaban J connectivity index is 1.93. The SMILES string of the molecule is C#CCOCC(O)CN(Cc1c(C)nn(-c2ccccc2)c1Oc1ccc(Cl)cc1)CC(C)C. The topological polar surface area (TPSA) is 59.8 Å². The Bertz CT molecular complexity index is 1070. The summed E-state index contributed by atoms with van der Waals surface area (Å²) in [5.41, 5.74) is 2.72. The molecule has 34 heavy (non-hydrogen) atoms. The minimum atomic E-state index is -0.655. The summed E-state index contributed by atoms with van der Waals surface area (Å²) in [6.07, 6.45) is 4.59. The molecule has 1 aromatic heterocycles. The Hall–Kier alpha value is -2.82. The number of benzene rings is 2. The van der Waals surface area contributed by atoms with Crippen LogP contribution in [-0.2, 0) is 11.3 Å². The first-order chi connectivity index (χ1) is 16.4. The fraction of sp³-hybridized carbons (Fsp3) is 0.370. The number of ether oxygens (including phenoxy) is 2. The van der Waals surface area contributed by atoms with Crippen LogP contribution in [0.25, 0.3) is 5.69 Å². The molecule has 0 aliphatic heterocycles. The predicted molar refractivity (Wildman–Crippen MR) is 136 cm³/mol. The lowest BCUT2D eigenvalue weighted by Gasteiger charge is -2.27. The zero-order valence-electron chi connectivity index (χ0n) is 19.9. The number of aromatic nitrogens is 2. The van der Waals surface area contributed by atoms with Crippen molar-refractivity contribution < 1.29 is 14.6 Å². The number of terminal acetylenes is 1. The predicted octanol–water partition coefficient (Wildman–Crippen LogP) is 5.10. The van der Waals surface area contributed by atoms with E-state index in [-0.39, 0.29) is 13.2 Å². The molecule has 0 bridgehead atoms. The van der Waals surface area contributed by atoms with Gasteiger partial charge in [0.05, 0.1) is 29.7 Å². The number of halogens is 1. The summed E-state index contributed by atoms with van der Waals surface area (Å²) >= 11 is 6.06. The molecule has 0 aliphatic carbocycles. The van der Waals surface area contributed by atoms with Gasteiger partial charge in [0, 0.05) is 24.7 Å². The highest BCUT2D eigenvalue weighted by Gasteiger charge is 2.23. The Morgan fingerprint density at radius 2 is 1.82 bits per heavy atom. The van der Waals surface area contributed by atoms with E-state index in [1.165, 1.54) is 0 Å². The summed E-state index contributed by atoms with van der Waals surface area (Å²) < 4.78 is 13.5. The molecule has 0 saturated carbocycles. The molecule has 0 fully saturated rings. The van der Waals surface area contributed by atoms with Crippen LogP contribution >= 0.6 is 11.6 Å². The number of hydrogen-bond acceptors (Lipinski definition) is 5. The van der Waals surface area contributed by atoms with E-state index in [1.807, 2.05) is 54.1 Å². The molecule has 0 saturated heterocycles. The number of rotatable bonds is 12. The van der Waals surface area contributed by atoms with Gasteiger partial charge in [-0.15, -0.1) is 6.42 Å². The van der Waals surface area contributed by atoms with Crippen LogP contribution in [0.1, 0.15) is 25.1 Å². The van der Waals surface area contributed by atoms with Crippen LogP contribution in [0.4, 0.5) is 0 Å². The second-order valence-corrected chi connectivity index (χ2v) is 9.07. The van der Waals surface area contributed by atoms with Gasteiger partial charge >= 0.3 is 0 Å². The van der Waals surface area contributed by atoms with E-state index < -0.39 is 6.10 Å². The third kappa shape index (κ3) is 7.34. The van der Waals surface area contributed by atoms with E-state index in [1.54, 1.807) is 12.1 Å². The third-order valence-corrected chi connectivity index (χ3v) is 5.39. The van der Waals surface area contributed by atoms with Crippen molar-refractivity contribution >= 4 is 11.6 Å². The molecular weight excluding hydrogens is 450 g/mol. The van der Waals surface area contributed by atoms with Gasteiger partial charge in [0.15, 0.2) is 0 Å². The number of para-hydroxylation sites is 1. The number of aliphatic hydroxyl groups is 1. The van der Waals surface area contributed by atoms with Crippen molar-refractivity contribution in [3.63, 3.8) is 0 Å². The fourth-order valence-corrected chi connectivity index (χ4v) is 3.86. The average Bonchev–Trinajstić information content (AvgIpc) is 3.10. The van der Waals surface area contributed by atoms with Gasteiger partial charge in [0.25, 0.3) is 0 Å². The maximum absolute atomic E-state index is 10.5. The molecule has 3 aromatic rings.